The molecule has 0 aromatic heterocycles. The molecular weight excluding hydrogens is 589 g/mol. The molecule has 0 unspecified atom stereocenters. The van der Waals surface area contributed by atoms with Gasteiger partial charge in [-0.25, -0.2) is 26.4 Å². The minimum atomic E-state index is -4.81. The molecule has 39 heavy (non-hydrogen) atoms. The van der Waals surface area contributed by atoms with Crippen molar-refractivity contribution in [2.45, 2.75) is 0 Å². The van der Waals surface area contributed by atoms with Crippen molar-refractivity contribution in [1.29, 1.82) is 0 Å². The molecule has 9 nitrogen and oxygen atoms in total. The number of rotatable bonds is 9. The smallest absolute Gasteiger partial charge is 0.337 e. The first-order chi connectivity index (χ1) is 18.4. The fourth-order valence-corrected chi connectivity index (χ4v) is 6.82. The van der Waals surface area contributed by atoms with Crippen LogP contribution in [0.15, 0.2) is 77.5 Å². The van der Waals surface area contributed by atoms with Crippen molar-refractivity contribution in [1.82, 2.24) is 0 Å². The van der Waals surface area contributed by atoms with Crippen molar-refractivity contribution >= 4 is 73.0 Å². The third-order valence-electron chi connectivity index (χ3n) is 5.00. The van der Waals surface area contributed by atoms with E-state index in [1.165, 1.54) is 12.1 Å². The lowest BCUT2D eigenvalue weighted by atomic mass is 10.1. The SMILES string of the molecule is COC(=O)c1cc(C(=O)OC)cc(N(S(=O)(=O)/C=C\c2cccc(Cl)c2)S(=O)(=O)/C=C\c2cccc(Cl)c2)c1. The zero-order valence-corrected chi connectivity index (χ0v) is 23.6. The van der Waals surface area contributed by atoms with Crippen LogP contribution in [-0.4, -0.2) is 43.0 Å². The largest absolute Gasteiger partial charge is 0.465 e. The van der Waals surface area contributed by atoms with Crippen LogP contribution in [0.25, 0.3) is 12.2 Å². The van der Waals surface area contributed by atoms with Crippen molar-refractivity contribution < 1.29 is 35.9 Å². The lowest BCUT2D eigenvalue weighted by molar-refractivity contribution is 0.0599. The van der Waals surface area contributed by atoms with E-state index in [-0.39, 0.29) is 14.8 Å². The van der Waals surface area contributed by atoms with Gasteiger partial charge in [-0.3, -0.25) is 0 Å². The van der Waals surface area contributed by atoms with E-state index in [2.05, 4.69) is 9.47 Å². The summed E-state index contributed by atoms with van der Waals surface area (Å²) in [6.07, 6.45) is 2.30. The fourth-order valence-electron chi connectivity index (χ4n) is 3.29. The number of esters is 2. The number of halogens is 2. The molecule has 3 aromatic rings. The van der Waals surface area contributed by atoms with Crippen molar-refractivity contribution in [3.05, 3.63) is 110 Å². The molecule has 204 valence electrons. The van der Waals surface area contributed by atoms with Gasteiger partial charge in [0, 0.05) is 10.0 Å². The Bertz CT molecular complexity index is 1560. The van der Waals surface area contributed by atoms with Crippen molar-refractivity contribution in [3.8, 4) is 0 Å². The number of anilines is 1. The van der Waals surface area contributed by atoms with Gasteiger partial charge in [-0.05, 0) is 65.7 Å². The molecule has 0 aliphatic heterocycles. The molecule has 0 atom stereocenters. The van der Waals surface area contributed by atoms with Crippen LogP contribution >= 0.6 is 23.2 Å². The van der Waals surface area contributed by atoms with E-state index in [4.69, 9.17) is 23.2 Å². The van der Waals surface area contributed by atoms with Crippen LogP contribution in [-0.2, 0) is 29.5 Å². The number of sulfonamides is 2. The number of ether oxygens (including phenoxy) is 2. The second-order valence-corrected chi connectivity index (χ2v) is 12.2. The van der Waals surface area contributed by atoms with E-state index >= 15 is 0 Å². The molecule has 13 heteroatoms. The van der Waals surface area contributed by atoms with Gasteiger partial charge in [-0.1, -0.05) is 47.5 Å². The molecule has 3 rings (SSSR count). The number of nitrogens with zero attached hydrogens (tertiary/aromatic N) is 1. The minimum Gasteiger partial charge on any atom is -0.465 e. The summed E-state index contributed by atoms with van der Waals surface area (Å²) in [4.78, 5) is 24.6. The highest BCUT2D eigenvalue weighted by molar-refractivity contribution is 8.12. The van der Waals surface area contributed by atoms with E-state index in [0.29, 0.717) is 32.0 Å². The molecule has 0 fully saturated rings. The summed E-state index contributed by atoms with van der Waals surface area (Å²) in [6.45, 7) is 0. The average molecular weight is 610 g/mol. The maximum absolute atomic E-state index is 13.5. The molecule has 0 spiro atoms. The normalized spacial score (nSPS) is 12.0. The molecular formula is C26H21Cl2NO8S2. The monoisotopic (exact) mass is 609 g/mol. The molecule has 3 aromatic carbocycles. The second-order valence-electron chi connectivity index (χ2n) is 7.75. The molecule has 0 heterocycles. The number of methoxy groups -OCH3 is 2. The van der Waals surface area contributed by atoms with E-state index in [0.717, 1.165) is 44.6 Å². The van der Waals surface area contributed by atoms with E-state index < -0.39 is 37.7 Å². The highest BCUT2D eigenvalue weighted by Crippen LogP contribution is 2.29. The molecule has 0 N–H and O–H groups in total. The first kappa shape index (κ1) is 29.9. The van der Waals surface area contributed by atoms with Crippen LogP contribution in [0.3, 0.4) is 0 Å². The lowest BCUT2D eigenvalue weighted by Crippen LogP contribution is -2.34. The Balaban J connectivity index is 2.24. The van der Waals surface area contributed by atoms with E-state index in [9.17, 15) is 26.4 Å². The number of benzene rings is 3. The van der Waals surface area contributed by atoms with Gasteiger partial charge < -0.3 is 9.47 Å². The Kier molecular flexibility index (Phi) is 9.57. The molecule has 0 saturated carbocycles. The van der Waals surface area contributed by atoms with Crippen LogP contribution in [0.5, 0.6) is 0 Å². The summed E-state index contributed by atoms with van der Waals surface area (Å²) in [7, 11) is -7.49. The van der Waals surface area contributed by atoms with E-state index in [1.54, 1.807) is 36.4 Å². The minimum absolute atomic E-state index is 0.0843. The van der Waals surface area contributed by atoms with Gasteiger partial charge in [-0.15, -0.1) is 0 Å². The Labute approximate surface area is 236 Å². The zero-order chi connectivity index (χ0) is 28.8. The van der Waals surface area contributed by atoms with Gasteiger partial charge in [0.15, 0.2) is 0 Å². The molecule has 0 saturated heterocycles. The Morgan fingerprint density at radius 2 is 1.10 bits per heavy atom. The predicted octanol–water partition coefficient (Wildman–Crippen LogP) is 5.37. The quantitative estimate of drug-likeness (QED) is 0.296. The van der Waals surface area contributed by atoms with Crippen LogP contribution in [0.2, 0.25) is 10.0 Å². The molecule has 0 amide bonds. The molecule has 0 radical (unpaired) electrons. The number of carbonyl (C=O) groups is 2. The Morgan fingerprint density at radius 1 is 0.692 bits per heavy atom. The number of hydrogen-bond acceptors (Lipinski definition) is 8. The standard InChI is InChI=1S/C26H21Cl2NO8S2/c1-36-25(30)20-15-21(26(31)37-2)17-24(16-20)29(38(32,33)11-9-18-5-3-7-22(27)13-18)39(34,35)12-10-19-6-4-8-23(28)14-19/h3-17H,1-2H3/b11-9-,12-10-. The van der Waals surface area contributed by atoms with Gasteiger partial charge in [0.25, 0.3) is 20.0 Å². The molecule has 0 aliphatic carbocycles. The zero-order valence-electron chi connectivity index (χ0n) is 20.4. The van der Waals surface area contributed by atoms with Crippen molar-refractivity contribution in [2.24, 2.45) is 0 Å². The summed E-state index contributed by atoms with van der Waals surface area (Å²) in [5, 5.41) is 1.98. The Hall–Kier alpha value is -3.64. The first-order valence-electron chi connectivity index (χ1n) is 10.9. The highest BCUT2D eigenvalue weighted by Gasteiger charge is 2.33. The maximum atomic E-state index is 13.5. The summed E-state index contributed by atoms with van der Waals surface area (Å²) in [5.41, 5.74) is -0.371. The van der Waals surface area contributed by atoms with Crippen LogP contribution in [0, 0.1) is 0 Å². The van der Waals surface area contributed by atoms with Crippen molar-refractivity contribution in [2.75, 3.05) is 17.9 Å². The number of carbonyl (C=O) groups excluding carboxylic acids is 2. The fraction of sp³-hybridized carbons (Fsp3) is 0.0769. The lowest BCUT2D eigenvalue weighted by Gasteiger charge is -2.22. The first-order valence-corrected chi connectivity index (χ1v) is 14.6. The summed E-state index contributed by atoms with van der Waals surface area (Å²) < 4.78 is 63.6. The van der Waals surface area contributed by atoms with Crippen molar-refractivity contribution in [3.63, 3.8) is 0 Å². The van der Waals surface area contributed by atoms with Gasteiger partial charge in [0.05, 0.1) is 41.8 Å². The van der Waals surface area contributed by atoms with E-state index in [1.807, 2.05) is 0 Å². The van der Waals surface area contributed by atoms with Gasteiger partial charge >= 0.3 is 11.9 Å². The van der Waals surface area contributed by atoms with Gasteiger partial charge in [0.2, 0.25) is 0 Å². The second kappa shape index (κ2) is 12.5. The van der Waals surface area contributed by atoms with Crippen LogP contribution in [0.4, 0.5) is 5.69 Å². The molecule has 0 aliphatic rings. The topological polar surface area (TPSA) is 124 Å². The third-order valence-corrected chi connectivity index (χ3v) is 9.02. The highest BCUT2D eigenvalue weighted by atomic mass is 35.5. The third kappa shape index (κ3) is 7.70. The van der Waals surface area contributed by atoms with Gasteiger partial charge in [0.1, 0.15) is 0 Å². The van der Waals surface area contributed by atoms with Crippen LogP contribution in [0.1, 0.15) is 31.8 Å². The predicted molar refractivity (Wildman–Crippen MR) is 150 cm³/mol. The maximum Gasteiger partial charge on any atom is 0.337 e. The summed E-state index contributed by atoms with van der Waals surface area (Å²) in [6, 6.07) is 15.4. The summed E-state index contributed by atoms with van der Waals surface area (Å²) >= 11 is 11.9. The Morgan fingerprint density at radius 3 is 1.46 bits per heavy atom. The average Bonchev–Trinajstić information content (AvgIpc) is 2.89. The van der Waals surface area contributed by atoms with Gasteiger partial charge in [-0.2, -0.15) is 3.71 Å². The molecule has 0 bridgehead atoms. The van der Waals surface area contributed by atoms with Crippen LogP contribution < -0.4 is 3.71 Å². The number of hydrogen-bond donors (Lipinski definition) is 0. The summed E-state index contributed by atoms with van der Waals surface area (Å²) in [5.74, 6) is -1.89.